The summed E-state index contributed by atoms with van der Waals surface area (Å²) in [5.74, 6) is 0.238. The number of halogens is 2. The van der Waals surface area contributed by atoms with Crippen LogP contribution in [0.15, 0.2) is 18.2 Å². The summed E-state index contributed by atoms with van der Waals surface area (Å²) in [5, 5.41) is 11.3. The van der Waals surface area contributed by atoms with Gasteiger partial charge in [0.25, 0.3) is 0 Å². The number of rotatable bonds is 1. The molecule has 0 amide bonds. The fourth-order valence-corrected chi connectivity index (χ4v) is 2.44. The smallest absolute Gasteiger partial charge is 0.151 e. The molecule has 0 spiro atoms. The highest BCUT2D eigenvalue weighted by molar-refractivity contribution is 5.85. The molecule has 0 atom stereocenters. The van der Waals surface area contributed by atoms with Crippen LogP contribution in [0.3, 0.4) is 0 Å². The summed E-state index contributed by atoms with van der Waals surface area (Å²) in [6, 6.07) is 5.15. The van der Waals surface area contributed by atoms with Gasteiger partial charge in [0.15, 0.2) is 5.82 Å². The molecule has 17 heavy (non-hydrogen) atoms. The van der Waals surface area contributed by atoms with Crippen molar-refractivity contribution < 1.29 is 4.39 Å². The molecule has 1 aromatic heterocycles. The van der Waals surface area contributed by atoms with Gasteiger partial charge in [-0.2, -0.15) is 5.10 Å². The summed E-state index contributed by atoms with van der Waals surface area (Å²) in [5.41, 5.74) is 1.56. The van der Waals surface area contributed by atoms with Crippen LogP contribution in [0.1, 0.15) is 24.5 Å². The fraction of sp³-hybridized carbons (Fsp3) is 0.417. The van der Waals surface area contributed by atoms with E-state index in [0.717, 1.165) is 37.0 Å². The normalized spacial score (nSPS) is 17.0. The lowest BCUT2D eigenvalue weighted by Crippen LogP contribution is -2.26. The molecule has 3 rings (SSSR count). The SMILES string of the molecule is Cl.Fc1cccc2c(C3CCNCC3)[nH]nc12. The minimum atomic E-state index is -0.242. The Bertz CT molecular complexity index is 505. The first kappa shape index (κ1) is 12.3. The molecule has 1 saturated heterocycles. The van der Waals surface area contributed by atoms with E-state index in [0.29, 0.717) is 11.4 Å². The lowest BCUT2D eigenvalue weighted by atomic mass is 9.92. The highest BCUT2D eigenvalue weighted by atomic mass is 35.5. The second-order valence-electron chi connectivity index (χ2n) is 4.30. The number of benzene rings is 1. The van der Waals surface area contributed by atoms with Crippen LogP contribution in [0.4, 0.5) is 4.39 Å². The Kier molecular flexibility index (Phi) is 3.64. The number of nitrogens with one attached hydrogen (secondary N) is 2. The third-order valence-corrected chi connectivity index (χ3v) is 3.31. The molecule has 3 nitrogen and oxygen atoms in total. The molecular weight excluding hydrogens is 241 g/mol. The van der Waals surface area contributed by atoms with Gasteiger partial charge in [-0.1, -0.05) is 12.1 Å². The average Bonchev–Trinajstić information content (AvgIpc) is 2.75. The maximum absolute atomic E-state index is 13.5. The van der Waals surface area contributed by atoms with E-state index >= 15 is 0 Å². The molecule has 92 valence electrons. The van der Waals surface area contributed by atoms with E-state index in [1.807, 2.05) is 6.07 Å². The van der Waals surface area contributed by atoms with Crippen molar-refractivity contribution in [3.63, 3.8) is 0 Å². The summed E-state index contributed by atoms with van der Waals surface area (Å²) in [6.07, 6.45) is 2.18. The molecule has 0 bridgehead atoms. The second-order valence-corrected chi connectivity index (χ2v) is 4.30. The molecule has 2 aromatic rings. The molecule has 0 saturated carbocycles. The summed E-state index contributed by atoms with van der Waals surface area (Å²) in [4.78, 5) is 0. The van der Waals surface area contributed by atoms with Crippen molar-refractivity contribution in [1.29, 1.82) is 0 Å². The molecule has 2 heterocycles. The largest absolute Gasteiger partial charge is 0.317 e. The number of piperidine rings is 1. The number of H-pyrrole nitrogens is 1. The van der Waals surface area contributed by atoms with Crippen molar-refractivity contribution in [3.8, 4) is 0 Å². The minimum Gasteiger partial charge on any atom is -0.317 e. The molecule has 1 aromatic carbocycles. The van der Waals surface area contributed by atoms with Gasteiger partial charge in [-0.15, -0.1) is 12.4 Å². The first-order valence-corrected chi connectivity index (χ1v) is 5.69. The number of aromatic amines is 1. The zero-order valence-electron chi connectivity index (χ0n) is 9.37. The first-order chi connectivity index (χ1) is 7.86. The lowest BCUT2D eigenvalue weighted by molar-refractivity contribution is 0.454. The number of para-hydroxylation sites is 1. The van der Waals surface area contributed by atoms with Crippen LogP contribution < -0.4 is 5.32 Å². The van der Waals surface area contributed by atoms with Crippen LogP contribution in [0.2, 0.25) is 0 Å². The van der Waals surface area contributed by atoms with E-state index in [1.165, 1.54) is 6.07 Å². The predicted octanol–water partition coefficient (Wildman–Crippen LogP) is 2.59. The van der Waals surface area contributed by atoms with Crippen LogP contribution in [0.5, 0.6) is 0 Å². The molecule has 2 N–H and O–H groups in total. The van der Waals surface area contributed by atoms with Crippen molar-refractivity contribution >= 4 is 23.3 Å². The van der Waals surface area contributed by atoms with Crippen LogP contribution in [-0.2, 0) is 0 Å². The molecule has 0 unspecified atom stereocenters. The van der Waals surface area contributed by atoms with E-state index in [-0.39, 0.29) is 18.2 Å². The van der Waals surface area contributed by atoms with Gasteiger partial charge in [-0.3, -0.25) is 5.10 Å². The van der Waals surface area contributed by atoms with Gasteiger partial charge >= 0.3 is 0 Å². The number of hydrogen-bond acceptors (Lipinski definition) is 2. The maximum Gasteiger partial charge on any atom is 0.151 e. The van der Waals surface area contributed by atoms with E-state index < -0.39 is 0 Å². The molecular formula is C12H15ClFN3. The van der Waals surface area contributed by atoms with Gasteiger partial charge in [-0.05, 0) is 32.0 Å². The maximum atomic E-state index is 13.5. The van der Waals surface area contributed by atoms with Crippen molar-refractivity contribution in [2.24, 2.45) is 0 Å². The molecule has 1 fully saturated rings. The number of nitrogens with zero attached hydrogens (tertiary/aromatic N) is 1. The first-order valence-electron chi connectivity index (χ1n) is 5.69. The van der Waals surface area contributed by atoms with E-state index in [9.17, 15) is 4.39 Å². The molecule has 0 radical (unpaired) electrons. The van der Waals surface area contributed by atoms with Crippen molar-refractivity contribution in [1.82, 2.24) is 15.5 Å². The monoisotopic (exact) mass is 255 g/mol. The van der Waals surface area contributed by atoms with Gasteiger partial charge < -0.3 is 5.32 Å². The summed E-state index contributed by atoms with van der Waals surface area (Å²) >= 11 is 0. The van der Waals surface area contributed by atoms with Crippen LogP contribution >= 0.6 is 12.4 Å². The summed E-state index contributed by atoms with van der Waals surface area (Å²) in [7, 11) is 0. The highest BCUT2D eigenvalue weighted by Gasteiger charge is 2.20. The molecule has 1 aliphatic rings. The average molecular weight is 256 g/mol. The van der Waals surface area contributed by atoms with Crippen molar-refractivity contribution in [3.05, 3.63) is 29.7 Å². The van der Waals surface area contributed by atoms with Crippen molar-refractivity contribution in [2.45, 2.75) is 18.8 Å². The van der Waals surface area contributed by atoms with Crippen molar-refractivity contribution in [2.75, 3.05) is 13.1 Å². The van der Waals surface area contributed by atoms with Crippen LogP contribution in [0, 0.1) is 5.82 Å². The van der Waals surface area contributed by atoms with Gasteiger partial charge in [0.05, 0.1) is 0 Å². The van der Waals surface area contributed by atoms with Gasteiger partial charge in [0.2, 0.25) is 0 Å². The van der Waals surface area contributed by atoms with E-state index in [2.05, 4.69) is 15.5 Å². The third-order valence-electron chi connectivity index (χ3n) is 3.31. The van der Waals surface area contributed by atoms with Crippen LogP contribution in [-0.4, -0.2) is 23.3 Å². The Morgan fingerprint density at radius 3 is 2.76 bits per heavy atom. The highest BCUT2D eigenvalue weighted by Crippen LogP contribution is 2.30. The lowest BCUT2D eigenvalue weighted by Gasteiger charge is -2.21. The van der Waals surface area contributed by atoms with Gasteiger partial charge in [-0.25, -0.2) is 4.39 Å². The van der Waals surface area contributed by atoms with E-state index in [4.69, 9.17) is 0 Å². The molecule has 0 aliphatic carbocycles. The molecule has 5 heteroatoms. The Balaban J connectivity index is 0.00000108. The standard InChI is InChI=1S/C12H14FN3.ClH/c13-10-3-1-2-9-11(15-16-12(9)10)8-4-6-14-7-5-8;/h1-3,8,14H,4-7H2,(H,15,16);1H. The number of hydrogen-bond donors (Lipinski definition) is 2. The Hall–Kier alpha value is -1.13. The third kappa shape index (κ3) is 2.15. The fourth-order valence-electron chi connectivity index (χ4n) is 2.44. The topological polar surface area (TPSA) is 40.7 Å². The van der Waals surface area contributed by atoms with Gasteiger partial charge in [0.1, 0.15) is 5.52 Å². The Morgan fingerprint density at radius 2 is 2.00 bits per heavy atom. The number of aromatic nitrogens is 2. The van der Waals surface area contributed by atoms with Crippen LogP contribution in [0.25, 0.3) is 10.9 Å². The minimum absolute atomic E-state index is 0. The zero-order chi connectivity index (χ0) is 11.0. The Labute approximate surface area is 105 Å². The predicted molar refractivity (Wildman–Crippen MR) is 68.1 cm³/mol. The van der Waals surface area contributed by atoms with E-state index in [1.54, 1.807) is 6.07 Å². The summed E-state index contributed by atoms with van der Waals surface area (Å²) in [6.45, 7) is 2.06. The van der Waals surface area contributed by atoms with Gasteiger partial charge in [0, 0.05) is 17.0 Å². The Morgan fingerprint density at radius 1 is 1.24 bits per heavy atom. The zero-order valence-corrected chi connectivity index (χ0v) is 10.2. The quantitative estimate of drug-likeness (QED) is 0.822. The second kappa shape index (κ2) is 5.02. The summed E-state index contributed by atoms with van der Waals surface area (Å²) < 4.78 is 13.5. The molecule has 1 aliphatic heterocycles. The number of fused-ring (bicyclic) bond motifs is 1.